The predicted molar refractivity (Wildman–Crippen MR) is 242 cm³/mol. The summed E-state index contributed by atoms with van der Waals surface area (Å²) < 4.78 is 2.45. The molecule has 0 saturated carbocycles. The molecule has 0 amide bonds. The quantitative estimate of drug-likeness (QED) is 0.160. The zero-order valence-corrected chi connectivity index (χ0v) is 32.1. The molecule has 0 fully saturated rings. The normalized spacial score (nSPS) is 15.5. The van der Waals surface area contributed by atoms with E-state index in [0.717, 1.165) is 17.1 Å². The van der Waals surface area contributed by atoms with Crippen molar-refractivity contribution in [3.63, 3.8) is 0 Å². The Morgan fingerprint density at radius 3 is 1.54 bits per heavy atom. The molecule has 2 unspecified atom stereocenters. The van der Waals surface area contributed by atoms with E-state index in [9.17, 15) is 0 Å². The molecule has 0 N–H and O–H groups in total. The van der Waals surface area contributed by atoms with Crippen LogP contribution < -0.4 is 4.90 Å². The van der Waals surface area contributed by atoms with E-state index in [2.05, 4.69) is 228 Å². The molecule has 2 aliphatic rings. The van der Waals surface area contributed by atoms with Crippen molar-refractivity contribution >= 4 is 50.6 Å². The summed E-state index contributed by atoms with van der Waals surface area (Å²) in [7, 11) is 0. The minimum atomic E-state index is 0.427. The van der Waals surface area contributed by atoms with E-state index in [0.29, 0.717) is 11.2 Å². The van der Waals surface area contributed by atoms with Crippen molar-refractivity contribution in [2.45, 2.75) is 16.1 Å². The van der Waals surface area contributed by atoms with Gasteiger partial charge in [0, 0.05) is 49.6 Å². The zero-order valence-electron chi connectivity index (χ0n) is 31.2. The molecule has 1 aliphatic carbocycles. The third kappa shape index (κ3) is 5.99. The highest BCUT2D eigenvalue weighted by Gasteiger charge is 2.31. The lowest BCUT2D eigenvalue weighted by Crippen LogP contribution is -2.09. The Kier molecular flexibility index (Phi) is 8.26. The van der Waals surface area contributed by atoms with Crippen LogP contribution in [0.1, 0.15) is 11.5 Å². The van der Waals surface area contributed by atoms with Crippen LogP contribution in [0.3, 0.4) is 0 Å². The Morgan fingerprint density at radius 1 is 0.404 bits per heavy atom. The van der Waals surface area contributed by atoms with Crippen LogP contribution in [0.15, 0.2) is 223 Å². The van der Waals surface area contributed by atoms with E-state index in [-0.39, 0.29) is 0 Å². The number of para-hydroxylation sites is 1. The number of allylic oxidation sites excluding steroid dienone is 3. The second-order valence-corrected chi connectivity index (χ2v) is 16.1. The third-order valence-electron chi connectivity index (χ3n) is 11.6. The number of aromatic nitrogens is 1. The van der Waals surface area contributed by atoms with Gasteiger partial charge in [-0.2, -0.15) is 0 Å². The first-order chi connectivity index (χ1) is 28.2. The molecule has 57 heavy (non-hydrogen) atoms. The number of benzene rings is 8. The second kappa shape index (κ2) is 14.0. The summed E-state index contributed by atoms with van der Waals surface area (Å²) in [6.45, 7) is 0. The maximum absolute atomic E-state index is 2.45. The van der Waals surface area contributed by atoms with E-state index >= 15 is 0 Å². The monoisotopic (exact) mass is 746 g/mol. The first-order valence-electron chi connectivity index (χ1n) is 19.7. The molecule has 0 bridgehead atoms. The van der Waals surface area contributed by atoms with Crippen LogP contribution in [0.25, 0.3) is 60.9 Å². The molecule has 1 aromatic heterocycles. The van der Waals surface area contributed by atoms with E-state index in [4.69, 9.17) is 0 Å². The van der Waals surface area contributed by atoms with Crippen molar-refractivity contribution in [2.75, 3.05) is 4.90 Å². The lowest BCUT2D eigenvalue weighted by atomic mass is 9.92. The highest BCUT2D eigenvalue weighted by Crippen LogP contribution is 2.49. The van der Waals surface area contributed by atoms with Crippen molar-refractivity contribution in [1.29, 1.82) is 0 Å². The Hall–Kier alpha value is -6.81. The van der Waals surface area contributed by atoms with Crippen LogP contribution >= 0.6 is 11.8 Å². The largest absolute Gasteiger partial charge is 0.311 e. The van der Waals surface area contributed by atoms with Crippen LogP contribution in [0.2, 0.25) is 0 Å². The molecular weight excluding hydrogens is 709 g/mol. The van der Waals surface area contributed by atoms with Gasteiger partial charge in [0.2, 0.25) is 0 Å². The van der Waals surface area contributed by atoms with E-state index in [1.807, 2.05) is 11.8 Å². The van der Waals surface area contributed by atoms with Crippen molar-refractivity contribution in [3.8, 4) is 39.1 Å². The summed E-state index contributed by atoms with van der Waals surface area (Å²) in [4.78, 5) is 3.74. The molecule has 8 aromatic carbocycles. The first-order valence-corrected chi connectivity index (χ1v) is 20.5. The van der Waals surface area contributed by atoms with Crippen LogP contribution in [-0.2, 0) is 0 Å². The molecule has 0 spiro atoms. The standard InChI is InChI=1S/C54H38N2S/c1-3-11-37(12-4-1)39-19-26-43(27-20-39)55(44-28-21-40(22-29-44)38-13-5-2-6-14-38)45-30-23-41(24-31-45)42-25-33-52-49(35-42)47-15-7-9-17-51(47)56(52)46-32-34-54-50(36-46)48-16-8-10-18-53(48)57-54/h1-36,48,53H. The Labute approximate surface area is 337 Å². The lowest BCUT2D eigenvalue weighted by Gasteiger charge is -2.26. The number of fused-ring (bicyclic) bond motifs is 6. The van der Waals surface area contributed by atoms with Crippen LogP contribution in [-0.4, -0.2) is 9.82 Å². The number of hydrogen-bond acceptors (Lipinski definition) is 2. The molecule has 11 rings (SSSR count). The van der Waals surface area contributed by atoms with Gasteiger partial charge in [-0.25, -0.2) is 0 Å². The van der Waals surface area contributed by atoms with E-state index in [1.165, 1.54) is 71.3 Å². The number of hydrogen-bond donors (Lipinski definition) is 0. The number of nitrogens with zero attached hydrogens (tertiary/aromatic N) is 2. The van der Waals surface area contributed by atoms with Gasteiger partial charge in [0.15, 0.2) is 0 Å². The first kappa shape index (κ1) is 33.5. The Balaban J connectivity index is 0.960. The van der Waals surface area contributed by atoms with E-state index < -0.39 is 0 Å². The molecule has 2 atom stereocenters. The summed E-state index contributed by atoms with van der Waals surface area (Å²) in [6, 6.07) is 70.8. The second-order valence-electron chi connectivity index (χ2n) is 14.9. The molecule has 1 aliphatic heterocycles. The molecule has 0 saturated heterocycles. The summed E-state index contributed by atoms with van der Waals surface area (Å²) in [6.07, 6.45) is 9.08. The summed E-state index contributed by atoms with van der Waals surface area (Å²) in [5, 5.41) is 3.02. The molecule has 2 nitrogen and oxygen atoms in total. The van der Waals surface area contributed by atoms with Crippen molar-refractivity contribution < 1.29 is 0 Å². The number of rotatable bonds is 7. The van der Waals surface area contributed by atoms with Crippen molar-refractivity contribution in [2.24, 2.45) is 0 Å². The van der Waals surface area contributed by atoms with Gasteiger partial charge in [-0.05, 0) is 112 Å². The van der Waals surface area contributed by atoms with Gasteiger partial charge in [0.25, 0.3) is 0 Å². The lowest BCUT2D eigenvalue weighted by molar-refractivity contribution is 0.878. The molecule has 3 heteroatoms. The topological polar surface area (TPSA) is 8.17 Å². The maximum Gasteiger partial charge on any atom is 0.0541 e. The minimum absolute atomic E-state index is 0.427. The Bertz CT molecular complexity index is 2880. The average Bonchev–Trinajstić information content (AvgIpc) is 3.83. The van der Waals surface area contributed by atoms with Gasteiger partial charge in [0.05, 0.1) is 11.0 Å². The third-order valence-corrected chi connectivity index (χ3v) is 12.9. The van der Waals surface area contributed by atoms with E-state index in [1.54, 1.807) is 0 Å². The molecule has 9 aromatic rings. The SMILES string of the molecule is C1=CC2Sc3ccc(-n4c5ccccc5c5cc(-c6ccc(N(c7ccc(-c8ccccc8)cc7)c7ccc(-c8ccccc8)cc7)cc6)ccc54)cc3C2C=C1. The van der Waals surface area contributed by atoms with Gasteiger partial charge in [-0.1, -0.05) is 146 Å². The highest BCUT2D eigenvalue weighted by molar-refractivity contribution is 8.00. The van der Waals surface area contributed by atoms with Crippen LogP contribution in [0.5, 0.6) is 0 Å². The fourth-order valence-electron chi connectivity index (χ4n) is 8.72. The fourth-order valence-corrected chi connectivity index (χ4v) is 10.0. The maximum atomic E-state index is 2.45. The molecule has 2 heterocycles. The van der Waals surface area contributed by atoms with Gasteiger partial charge >= 0.3 is 0 Å². The molecule has 270 valence electrons. The Morgan fingerprint density at radius 2 is 0.912 bits per heavy atom. The molecule has 0 radical (unpaired) electrons. The highest BCUT2D eigenvalue weighted by atomic mass is 32.2. The number of thioether (sulfide) groups is 1. The average molecular weight is 747 g/mol. The van der Waals surface area contributed by atoms with Crippen LogP contribution in [0.4, 0.5) is 17.1 Å². The smallest absolute Gasteiger partial charge is 0.0541 e. The predicted octanol–water partition coefficient (Wildman–Crippen LogP) is 14.9. The summed E-state index contributed by atoms with van der Waals surface area (Å²) in [5.74, 6) is 0.427. The van der Waals surface area contributed by atoms with Gasteiger partial charge in [0.1, 0.15) is 0 Å². The minimum Gasteiger partial charge on any atom is -0.311 e. The summed E-state index contributed by atoms with van der Waals surface area (Å²) in [5.41, 5.74) is 15.7. The number of anilines is 3. The van der Waals surface area contributed by atoms with Gasteiger partial charge < -0.3 is 9.47 Å². The van der Waals surface area contributed by atoms with Crippen LogP contribution in [0, 0.1) is 0 Å². The van der Waals surface area contributed by atoms with Crippen molar-refractivity contribution in [3.05, 3.63) is 224 Å². The van der Waals surface area contributed by atoms with Gasteiger partial charge in [-0.15, -0.1) is 11.8 Å². The fraction of sp³-hybridized carbons (Fsp3) is 0.0370. The molecular formula is C54H38N2S. The summed E-state index contributed by atoms with van der Waals surface area (Å²) >= 11 is 1.98. The van der Waals surface area contributed by atoms with Crippen molar-refractivity contribution in [1.82, 2.24) is 4.57 Å². The zero-order chi connectivity index (χ0) is 37.7. The van der Waals surface area contributed by atoms with Gasteiger partial charge in [-0.3, -0.25) is 0 Å².